The van der Waals surface area contributed by atoms with E-state index in [1.807, 2.05) is 0 Å². The predicted octanol–water partition coefficient (Wildman–Crippen LogP) is 1.62. The van der Waals surface area contributed by atoms with E-state index in [1.54, 1.807) is 18.2 Å². The van der Waals surface area contributed by atoms with Crippen LogP contribution in [0.5, 0.6) is 0 Å². The van der Waals surface area contributed by atoms with E-state index in [9.17, 15) is 4.79 Å². The van der Waals surface area contributed by atoms with E-state index in [2.05, 4.69) is 4.98 Å². The largest absolute Gasteiger partial charge is 0.476 e. The Labute approximate surface area is 85.2 Å². The number of nitrogens with two attached hydrogens (primary N) is 1. The van der Waals surface area contributed by atoms with Gasteiger partial charge in [0.15, 0.2) is 5.69 Å². The van der Waals surface area contributed by atoms with Crippen molar-refractivity contribution in [3.8, 4) is 11.3 Å². The van der Waals surface area contributed by atoms with Crippen molar-refractivity contribution >= 4 is 11.8 Å². The second-order valence-corrected chi connectivity index (χ2v) is 2.91. The van der Waals surface area contributed by atoms with Gasteiger partial charge in [-0.2, -0.15) is 0 Å². The quantitative estimate of drug-likeness (QED) is 0.775. The molecule has 0 saturated heterocycles. The zero-order valence-corrected chi connectivity index (χ0v) is 7.68. The highest BCUT2D eigenvalue weighted by Gasteiger charge is 2.15. The first kappa shape index (κ1) is 9.26. The van der Waals surface area contributed by atoms with Crippen molar-refractivity contribution in [3.05, 3.63) is 36.2 Å². The van der Waals surface area contributed by atoms with Gasteiger partial charge in [-0.05, 0) is 24.3 Å². The number of furan rings is 1. The number of aromatic carboxylic acids is 1. The molecule has 2 aromatic rings. The van der Waals surface area contributed by atoms with Crippen LogP contribution in [-0.2, 0) is 0 Å². The first-order valence-corrected chi connectivity index (χ1v) is 4.22. The van der Waals surface area contributed by atoms with Crippen LogP contribution in [0.1, 0.15) is 10.5 Å². The minimum Gasteiger partial charge on any atom is -0.476 e. The van der Waals surface area contributed by atoms with Crippen LogP contribution in [0, 0.1) is 0 Å². The summed E-state index contributed by atoms with van der Waals surface area (Å²) in [4.78, 5) is 14.7. The number of nitrogen functional groups attached to an aromatic ring is 1. The summed E-state index contributed by atoms with van der Waals surface area (Å²) in [7, 11) is 0. The summed E-state index contributed by atoms with van der Waals surface area (Å²) < 4.78 is 5.11. The summed E-state index contributed by atoms with van der Waals surface area (Å²) in [5.74, 6) is -0.503. The maximum atomic E-state index is 10.9. The fourth-order valence-corrected chi connectivity index (χ4v) is 1.27. The normalized spacial score (nSPS) is 10.1. The molecule has 0 aliphatic heterocycles. The minimum absolute atomic E-state index is 0.107. The molecular weight excluding hydrogens is 196 g/mol. The molecule has 0 atom stereocenters. The topological polar surface area (TPSA) is 89.3 Å². The van der Waals surface area contributed by atoms with Crippen LogP contribution in [-0.4, -0.2) is 16.1 Å². The molecule has 0 aliphatic carbocycles. The third-order valence-electron chi connectivity index (χ3n) is 1.91. The molecule has 5 heteroatoms. The van der Waals surface area contributed by atoms with Crippen molar-refractivity contribution in [1.29, 1.82) is 0 Å². The Balaban J connectivity index is 2.61. The Hall–Kier alpha value is -2.30. The standard InChI is InChI=1S/C10H8N2O3/c11-8-4-3-6(7-2-1-5-15-7)9(12-8)10(13)14/h1-5H,(H2,11,12)(H,13,14). The van der Waals surface area contributed by atoms with Gasteiger partial charge in [-0.15, -0.1) is 0 Å². The van der Waals surface area contributed by atoms with E-state index in [-0.39, 0.29) is 11.5 Å². The average Bonchev–Trinajstić information content (AvgIpc) is 2.70. The van der Waals surface area contributed by atoms with E-state index in [0.717, 1.165) is 0 Å². The lowest BCUT2D eigenvalue weighted by Gasteiger charge is -2.02. The molecule has 0 radical (unpaired) electrons. The van der Waals surface area contributed by atoms with Crippen LogP contribution >= 0.6 is 0 Å². The number of carbonyl (C=O) groups is 1. The molecular formula is C10H8N2O3. The zero-order chi connectivity index (χ0) is 10.8. The molecule has 2 heterocycles. The van der Waals surface area contributed by atoms with Gasteiger partial charge in [0.25, 0.3) is 0 Å². The van der Waals surface area contributed by atoms with E-state index < -0.39 is 5.97 Å². The van der Waals surface area contributed by atoms with Crippen LogP contribution < -0.4 is 5.73 Å². The first-order valence-electron chi connectivity index (χ1n) is 4.22. The highest BCUT2D eigenvalue weighted by molar-refractivity contribution is 5.93. The Morgan fingerprint density at radius 3 is 2.80 bits per heavy atom. The van der Waals surface area contributed by atoms with Crippen molar-refractivity contribution in [2.75, 3.05) is 5.73 Å². The smallest absolute Gasteiger partial charge is 0.355 e. The van der Waals surface area contributed by atoms with Gasteiger partial charge >= 0.3 is 5.97 Å². The highest BCUT2D eigenvalue weighted by atomic mass is 16.4. The number of carboxylic acid groups (broad SMARTS) is 1. The van der Waals surface area contributed by atoms with Crippen molar-refractivity contribution in [2.24, 2.45) is 0 Å². The molecule has 76 valence electrons. The SMILES string of the molecule is Nc1ccc(-c2ccco2)c(C(=O)O)n1. The first-order chi connectivity index (χ1) is 7.18. The second kappa shape index (κ2) is 3.45. The average molecular weight is 204 g/mol. The third kappa shape index (κ3) is 1.67. The Kier molecular flexibility index (Phi) is 2.13. The Bertz CT molecular complexity index is 491. The van der Waals surface area contributed by atoms with E-state index in [4.69, 9.17) is 15.3 Å². The molecule has 0 fully saturated rings. The molecule has 0 unspecified atom stereocenters. The van der Waals surface area contributed by atoms with Gasteiger partial charge in [-0.1, -0.05) is 0 Å². The van der Waals surface area contributed by atoms with Crippen molar-refractivity contribution in [1.82, 2.24) is 4.98 Å². The number of hydrogen-bond donors (Lipinski definition) is 2. The van der Waals surface area contributed by atoms with Gasteiger partial charge in [-0.3, -0.25) is 0 Å². The van der Waals surface area contributed by atoms with Gasteiger partial charge in [0.2, 0.25) is 0 Å². The number of carboxylic acids is 1. The fourth-order valence-electron chi connectivity index (χ4n) is 1.27. The van der Waals surface area contributed by atoms with Gasteiger partial charge in [0.05, 0.1) is 11.8 Å². The lowest BCUT2D eigenvalue weighted by Crippen LogP contribution is -2.05. The molecule has 0 spiro atoms. The van der Waals surface area contributed by atoms with Gasteiger partial charge in [0, 0.05) is 0 Å². The Morgan fingerprint density at radius 1 is 1.40 bits per heavy atom. The van der Waals surface area contributed by atoms with Crippen LogP contribution in [0.3, 0.4) is 0 Å². The molecule has 0 amide bonds. The highest BCUT2D eigenvalue weighted by Crippen LogP contribution is 2.23. The second-order valence-electron chi connectivity index (χ2n) is 2.91. The molecule has 3 N–H and O–H groups in total. The predicted molar refractivity (Wildman–Crippen MR) is 53.3 cm³/mol. The summed E-state index contributed by atoms with van der Waals surface area (Å²) in [5, 5.41) is 8.93. The number of rotatable bonds is 2. The number of hydrogen-bond acceptors (Lipinski definition) is 4. The summed E-state index contributed by atoms with van der Waals surface area (Å²) in [6.07, 6.45) is 1.47. The number of anilines is 1. The van der Waals surface area contributed by atoms with Gasteiger partial charge in [-0.25, -0.2) is 9.78 Å². The molecule has 0 saturated carbocycles. The molecule has 2 rings (SSSR count). The van der Waals surface area contributed by atoms with Gasteiger partial charge in [0.1, 0.15) is 11.6 Å². The lowest BCUT2D eigenvalue weighted by atomic mass is 10.1. The minimum atomic E-state index is -1.13. The number of nitrogens with zero attached hydrogens (tertiary/aromatic N) is 1. The monoisotopic (exact) mass is 204 g/mol. The zero-order valence-electron chi connectivity index (χ0n) is 7.68. The summed E-state index contributed by atoms with van der Waals surface area (Å²) in [6, 6.07) is 6.45. The molecule has 0 aromatic carbocycles. The summed E-state index contributed by atoms with van der Waals surface area (Å²) >= 11 is 0. The van der Waals surface area contributed by atoms with Crippen molar-refractivity contribution in [2.45, 2.75) is 0 Å². The Morgan fingerprint density at radius 2 is 2.20 bits per heavy atom. The van der Waals surface area contributed by atoms with Crippen LogP contribution in [0.2, 0.25) is 0 Å². The van der Waals surface area contributed by atoms with Crippen molar-refractivity contribution in [3.63, 3.8) is 0 Å². The van der Waals surface area contributed by atoms with Crippen LogP contribution in [0.15, 0.2) is 34.9 Å². The maximum absolute atomic E-state index is 10.9. The number of aromatic nitrogens is 1. The summed E-state index contributed by atoms with van der Waals surface area (Å²) in [5.41, 5.74) is 5.73. The summed E-state index contributed by atoms with van der Waals surface area (Å²) in [6.45, 7) is 0. The molecule has 0 bridgehead atoms. The molecule has 15 heavy (non-hydrogen) atoms. The number of pyridine rings is 1. The van der Waals surface area contributed by atoms with Gasteiger partial charge < -0.3 is 15.3 Å². The molecule has 5 nitrogen and oxygen atoms in total. The van der Waals surface area contributed by atoms with E-state index >= 15 is 0 Å². The molecule has 0 aliphatic rings. The maximum Gasteiger partial charge on any atom is 0.355 e. The fraction of sp³-hybridized carbons (Fsp3) is 0. The van der Waals surface area contributed by atoms with Crippen LogP contribution in [0.4, 0.5) is 5.82 Å². The van der Waals surface area contributed by atoms with E-state index in [1.165, 1.54) is 12.3 Å². The molecule has 2 aromatic heterocycles. The lowest BCUT2D eigenvalue weighted by molar-refractivity contribution is 0.0691. The van der Waals surface area contributed by atoms with Crippen molar-refractivity contribution < 1.29 is 14.3 Å². The van der Waals surface area contributed by atoms with Crippen LogP contribution in [0.25, 0.3) is 11.3 Å². The van der Waals surface area contributed by atoms with E-state index in [0.29, 0.717) is 11.3 Å². The third-order valence-corrected chi connectivity index (χ3v) is 1.91.